The average Bonchev–Trinajstić information content (AvgIpc) is 2.91. The number of aryl methyl sites for hydroxylation is 2. The molecule has 0 aromatic carbocycles. The summed E-state index contributed by atoms with van der Waals surface area (Å²) in [7, 11) is 0. The smallest absolute Gasteiger partial charge is 0.258 e. The van der Waals surface area contributed by atoms with Crippen LogP contribution in [-0.4, -0.2) is 20.8 Å². The molecule has 88 valence electrons. The number of hydrogen-bond acceptors (Lipinski definition) is 4. The standard InChI is InChI=1S/C11H11N3O2S/c1-17-11-10(14(15)16)9-6-5-7-3-2-4-8(7)13(9)12-11/h5-6H,2-4H2,1H3. The normalized spacial score (nSPS) is 14.2. The highest BCUT2D eigenvalue weighted by Crippen LogP contribution is 2.34. The van der Waals surface area contributed by atoms with Gasteiger partial charge in [-0.3, -0.25) is 10.1 Å². The quantitative estimate of drug-likeness (QED) is 0.466. The maximum atomic E-state index is 11.1. The Labute approximate surface area is 102 Å². The molecule has 3 rings (SSSR count). The van der Waals surface area contributed by atoms with Crippen LogP contribution in [0.3, 0.4) is 0 Å². The Morgan fingerprint density at radius 3 is 3.00 bits per heavy atom. The van der Waals surface area contributed by atoms with E-state index in [4.69, 9.17) is 0 Å². The fraction of sp³-hybridized carbons (Fsp3) is 0.364. The van der Waals surface area contributed by atoms with Gasteiger partial charge in [0.1, 0.15) is 5.52 Å². The van der Waals surface area contributed by atoms with Gasteiger partial charge in [0, 0.05) is 5.69 Å². The zero-order valence-electron chi connectivity index (χ0n) is 9.34. The van der Waals surface area contributed by atoms with Crippen molar-refractivity contribution >= 4 is 23.0 Å². The fourth-order valence-corrected chi connectivity index (χ4v) is 2.95. The number of hydrogen-bond donors (Lipinski definition) is 0. The third-order valence-electron chi connectivity index (χ3n) is 3.17. The largest absolute Gasteiger partial charge is 0.328 e. The first-order valence-electron chi connectivity index (χ1n) is 5.44. The van der Waals surface area contributed by atoms with Crippen LogP contribution in [-0.2, 0) is 12.8 Å². The molecule has 1 aliphatic rings. The fourth-order valence-electron chi connectivity index (χ4n) is 2.42. The molecule has 0 atom stereocenters. The Hall–Kier alpha value is -1.56. The summed E-state index contributed by atoms with van der Waals surface area (Å²) in [4.78, 5) is 10.8. The number of pyridine rings is 1. The zero-order valence-corrected chi connectivity index (χ0v) is 10.2. The molecule has 0 unspecified atom stereocenters. The highest BCUT2D eigenvalue weighted by atomic mass is 32.2. The van der Waals surface area contributed by atoms with Crippen molar-refractivity contribution in [3.8, 4) is 0 Å². The molecule has 2 heterocycles. The van der Waals surface area contributed by atoms with Gasteiger partial charge < -0.3 is 0 Å². The molecule has 1 aliphatic carbocycles. The van der Waals surface area contributed by atoms with Crippen LogP contribution in [0.5, 0.6) is 0 Å². The van der Waals surface area contributed by atoms with Gasteiger partial charge >= 0.3 is 5.69 Å². The molecule has 0 saturated heterocycles. The molecule has 0 N–H and O–H groups in total. The van der Waals surface area contributed by atoms with Crippen LogP contribution < -0.4 is 0 Å². The molecule has 0 radical (unpaired) electrons. The minimum Gasteiger partial charge on any atom is -0.258 e. The van der Waals surface area contributed by atoms with E-state index in [2.05, 4.69) is 5.10 Å². The maximum Gasteiger partial charge on any atom is 0.328 e. The van der Waals surface area contributed by atoms with Gasteiger partial charge in [-0.05, 0) is 37.1 Å². The molecule has 0 saturated carbocycles. The van der Waals surface area contributed by atoms with Crippen LogP contribution in [0.25, 0.3) is 5.52 Å². The van der Waals surface area contributed by atoms with Crippen molar-refractivity contribution in [1.29, 1.82) is 0 Å². The molecule has 5 nitrogen and oxygen atoms in total. The molecule has 0 spiro atoms. The molecule has 2 aromatic heterocycles. The number of nitro groups is 1. The molecular formula is C11H11N3O2S. The van der Waals surface area contributed by atoms with E-state index in [0.717, 1.165) is 25.0 Å². The second kappa shape index (κ2) is 3.73. The lowest BCUT2D eigenvalue weighted by molar-refractivity contribution is -0.386. The van der Waals surface area contributed by atoms with Crippen molar-refractivity contribution in [1.82, 2.24) is 9.61 Å². The predicted octanol–water partition coefficient (Wildman–Crippen LogP) is 2.45. The number of rotatable bonds is 2. The summed E-state index contributed by atoms with van der Waals surface area (Å²) in [5, 5.41) is 16.0. The number of nitrogens with zero attached hydrogens (tertiary/aromatic N) is 3. The summed E-state index contributed by atoms with van der Waals surface area (Å²) in [5.41, 5.74) is 3.14. The monoisotopic (exact) mass is 249 g/mol. The molecule has 6 heteroatoms. The first kappa shape index (κ1) is 10.6. The van der Waals surface area contributed by atoms with Gasteiger partial charge in [-0.1, -0.05) is 6.07 Å². The summed E-state index contributed by atoms with van der Waals surface area (Å²) >= 11 is 1.32. The van der Waals surface area contributed by atoms with Crippen molar-refractivity contribution in [2.45, 2.75) is 24.3 Å². The van der Waals surface area contributed by atoms with E-state index < -0.39 is 0 Å². The lowest BCUT2D eigenvalue weighted by Crippen LogP contribution is -1.97. The Morgan fingerprint density at radius 1 is 1.47 bits per heavy atom. The summed E-state index contributed by atoms with van der Waals surface area (Å²) < 4.78 is 1.76. The van der Waals surface area contributed by atoms with E-state index >= 15 is 0 Å². The second-order valence-corrected chi connectivity index (χ2v) is 4.87. The average molecular weight is 249 g/mol. The minimum absolute atomic E-state index is 0.132. The number of fused-ring (bicyclic) bond motifs is 3. The zero-order chi connectivity index (χ0) is 12.0. The lowest BCUT2D eigenvalue weighted by Gasteiger charge is -2.01. The van der Waals surface area contributed by atoms with Gasteiger partial charge in [0.05, 0.1) is 4.92 Å². The highest BCUT2D eigenvalue weighted by molar-refractivity contribution is 7.98. The summed E-state index contributed by atoms with van der Waals surface area (Å²) in [6.45, 7) is 0. The van der Waals surface area contributed by atoms with E-state index in [1.165, 1.54) is 17.3 Å². The Morgan fingerprint density at radius 2 is 2.29 bits per heavy atom. The topological polar surface area (TPSA) is 60.4 Å². The van der Waals surface area contributed by atoms with Gasteiger partial charge in [-0.25, -0.2) is 4.52 Å². The Balaban J connectivity index is 2.37. The Kier molecular flexibility index (Phi) is 2.32. The summed E-state index contributed by atoms with van der Waals surface area (Å²) in [6, 6.07) is 3.81. The molecule has 2 aromatic rings. The van der Waals surface area contributed by atoms with Crippen LogP contribution in [0.2, 0.25) is 0 Å². The first-order chi connectivity index (χ1) is 8.22. The lowest BCUT2D eigenvalue weighted by atomic mass is 10.2. The number of thioether (sulfide) groups is 1. The number of aromatic nitrogens is 2. The van der Waals surface area contributed by atoms with Gasteiger partial charge in [-0.15, -0.1) is 11.8 Å². The van der Waals surface area contributed by atoms with Crippen LogP contribution in [0.1, 0.15) is 17.7 Å². The summed E-state index contributed by atoms with van der Waals surface area (Å²) in [5.74, 6) is 0. The van der Waals surface area contributed by atoms with Crippen molar-refractivity contribution in [2.24, 2.45) is 0 Å². The molecule has 0 aliphatic heterocycles. The third kappa shape index (κ3) is 1.44. The van der Waals surface area contributed by atoms with Gasteiger partial charge in [0.25, 0.3) is 0 Å². The van der Waals surface area contributed by atoms with Crippen molar-refractivity contribution in [3.63, 3.8) is 0 Å². The van der Waals surface area contributed by atoms with E-state index in [0.29, 0.717) is 10.5 Å². The van der Waals surface area contributed by atoms with Gasteiger partial charge in [0.15, 0.2) is 5.03 Å². The Bertz CT molecular complexity index is 621. The maximum absolute atomic E-state index is 11.1. The van der Waals surface area contributed by atoms with E-state index in [9.17, 15) is 10.1 Å². The molecule has 0 amide bonds. The van der Waals surface area contributed by atoms with E-state index in [1.807, 2.05) is 18.4 Å². The van der Waals surface area contributed by atoms with Crippen LogP contribution in [0.4, 0.5) is 5.69 Å². The van der Waals surface area contributed by atoms with Crippen LogP contribution in [0, 0.1) is 10.1 Å². The van der Waals surface area contributed by atoms with E-state index in [1.54, 1.807) is 4.52 Å². The first-order valence-corrected chi connectivity index (χ1v) is 6.66. The van der Waals surface area contributed by atoms with Crippen molar-refractivity contribution in [2.75, 3.05) is 6.26 Å². The molecule has 17 heavy (non-hydrogen) atoms. The molecule has 0 bridgehead atoms. The molecule has 0 fully saturated rings. The van der Waals surface area contributed by atoms with E-state index in [-0.39, 0.29) is 10.6 Å². The van der Waals surface area contributed by atoms with Crippen LogP contribution in [0.15, 0.2) is 17.2 Å². The summed E-state index contributed by atoms with van der Waals surface area (Å²) in [6.07, 6.45) is 4.93. The van der Waals surface area contributed by atoms with Crippen molar-refractivity contribution < 1.29 is 4.92 Å². The second-order valence-electron chi connectivity index (χ2n) is 4.07. The third-order valence-corrected chi connectivity index (χ3v) is 3.83. The highest BCUT2D eigenvalue weighted by Gasteiger charge is 2.26. The van der Waals surface area contributed by atoms with Gasteiger partial charge in [0.2, 0.25) is 0 Å². The predicted molar refractivity (Wildman–Crippen MR) is 65.7 cm³/mol. The van der Waals surface area contributed by atoms with Gasteiger partial charge in [-0.2, -0.15) is 5.10 Å². The van der Waals surface area contributed by atoms with Crippen LogP contribution >= 0.6 is 11.8 Å². The minimum atomic E-state index is -0.338. The molecular weight excluding hydrogens is 238 g/mol. The van der Waals surface area contributed by atoms with Crippen molar-refractivity contribution in [3.05, 3.63) is 33.5 Å². The SMILES string of the molecule is CSc1nn2c3c(ccc2c1[N+](=O)[O-])CCC3.